The summed E-state index contributed by atoms with van der Waals surface area (Å²) in [7, 11) is 0. The molecule has 0 saturated carbocycles. The maximum absolute atomic E-state index is 14.0. The molecule has 0 spiro atoms. The van der Waals surface area contributed by atoms with E-state index in [-0.39, 0.29) is 5.56 Å². The van der Waals surface area contributed by atoms with Gasteiger partial charge in [-0.3, -0.25) is 9.20 Å². The van der Waals surface area contributed by atoms with Gasteiger partial charge in [0, 0.05) is 78.5 Å². The normalized spacial score (nSPS) is 12.3. The highest BCUT2D eigenvalue weighted by atomic mass is 32.1. The van der Waals surface area contributed by atoms with Gasteiger partial charge in [0.2, 0.25) is 0 Å². The van der Waals surface area contributed by atoms with Crippen molar-refractivity contribution in [2.45, 2.75) is 0 Å². The van der Waals surface area contributed by atoms with Crippen molar-refractivity contribution in [2.24, 2.45) is 0 Å². The predicted octanol–water partition coefficient (Wildman–Crippen LogP) is 13.8. The molecule has 5 heterocycles. The van der Waals surface area contributed by atoms with Gasteiger partial charge in [-0.05, 0) is 83.3 Å². The van der Waals surface area contributed by atoms with Gasteiger partial charge < -0.3 is 4.57 Å². The first-order valence-corrected chi connectivity index (χ1v) is 19.7. The summed E-state index contributed by atoms with van der Waals surface area (Å²) in [6, 6.07) is 47.6. The minimum Gasteiger partial charge on any atom is -0.309 e. The average Bonchev–Trinajstić information content (AvgIpc) is 3.96. The Kier molecular flexibility index (Phi) is 5.98. The minimum absolute atomic E-state index is 0.0273. The zero-order valence-electron chi connectivity index (χ0n) is 28.9. The van der Waals surface area contributed by atoms with Crippen molar-refractivity contribution in [3.05, 3.63) is 168 Å². The van der Waals surface area contributed by atoms with Crippen LogP contribution in [0.1, 0.15) is 11.3 Å². The van der Waals surface area contributed by atoms with Gasteiger partial charge in [-0.2, -0.15) is 0 Å². The minimum atomic E-state index is 0.0273. The second-order valence-corrected chi connectivity index (χ2v) is 16.2. The van der Waals surface area contributed by atoms with E-state index < -0.39 is 0 Å². The number of pyridine rings is 1. The summed E-state index contributed by atoms with van der Waals surface area (Å²) in [5.41, 5.74) is 8.64. The van der Waals surface area contributed by atoms with Gasteiger partial charge in [0.1, 0.15) is 0 Å². The van der Waals surface area contributed by atoms with Crippen molar-refractivity contribution >= 4 is 124 Å². The van der Waals surface area contributed by atoms with Crippen molar-refractivity contribution in [1.82, 2.24) is 8.97 Å². The summed E-state index contributed by atoms with van der Waals surface area (Å²) in [5, 5.41) is 11.2. The maximum atomic E-state index is 14.0. The third kappa shape index (κ3) is 3.77. The number of hydrogen-bond acceptors (Lipinski definition) is 3. The van der Waals surface area contributed by atoms with Gasteiger partial charge in [-0.1, -0.05) is 92.0 Å². The summed E-state index contributed by atoms with van der Waals surface area (Å²) in [4.78, 5) is 14.0. The molecular formula is C49H28N2OS2. The molecule has 0 aliphatic heterocycles. The molecular weight excluding hydrogens is 697 g/mol. The molecule has 0 fully saturated rings. The fourth-order valence-corrected chi connectivity index (χ4v) is 11.4. The molecule has 0 aliphatic rings. The second kappa shape index (κ2) is 10.8. The number of fused-ring (bicyclic) bond motifs is 13. The number of hydrogen-bond donors (Lipinski definition) is 0. The van der Waals surface area contributed by atoms with E-state index in [4.69, 9.17) is 0 Å². The summed E-state index contributed by atoms with van der Waals surface area (Å²) in [5.74, 6) is 0. The van der Waals surface area contributed by atoms with Crippen LogP contribution in [0.3, 0.4) is 0 Å². The number of nitrogens with zero attached hydrogens (tertiary/aromatic N) is 2. The van der Waals surface area contributed by atoms with Gasteiger partial charge in [0.25, 0.3) is 5.56 Å². The molecule has 0 unspecified atom stereocenters. The topological polar surface area (TPSA) is 26.4 Å². The number of thiophene rings is 2. The van der Waals surface area contributed by atoms with Crippen molar-refractivity contribution in [3.8, 4) is 16.8 Å². The maximum Gasteiger partial charge on any atom is 0.263 e. The van der Waals surface area contributed by atoms with E-state index in [0.717, 1.165) is 66.0 Å². The lowest BCUT2D eigenvalue weighted by molar-refractivity contribution is 1.11. The number of aromatic nitrogens is 2. The largest absolute Gasteiger partial charge is 0.309 e. The Morgan fingerprint density at radius 1 is 0.500 bits per heavy atom. The highest BCUT2D eigenvalue weighted by molar-refractivity contribution is 7.26. The van der Waals surface area contributed by atoms with Crippen LogP contribution in [-0.2, 0) is 0 Å². The second-order valence-electron chi connectivity index (χ2n) is 14.1. The molecule has 0 atom stereocenters. The van der Waals surface area contributed by atoms with Crippen LogP contribution in [0.2, 0.25) is 0 Å². The molecule has 0 saturated heterocycles. The smallest absolute Gasteiger partial charge is 0.263 e. The third-order valence-electron chi connectivity index (χ3n) is 11.4. The lowest BCUT2D eigenvalue weighted by Gasteiger charge is -2.11. The van der Waals surface area contributed by atoms with Crippen molar-refractivity contribution in [2.75, 3.05) is 0 Å². The van der Waals surface area contributed by atoms with E-state index in [1.54, 1.807) is 0 Å². The van der Waals surface area contributed by atoms with E-state index >= 15 is 0 Å². The molecule has 5 aromatic heterocycles. The Morgan fingerprint density at radius 3 is 2.00 bits per heavy atom. The quantitative estimate of drug-likeness (QED) is 0.166. The first-order valence-electron chi connectivity index (χ1n) is 18.0. The van der Waals surface area contributed by atoms with Crippen molar-refractivity contribution in [3.63, 3.8) is 0 Å². The van der Waals surface area contributed by atoms with Crippen LogP contribution >= 0.6 is 22.7 Å². The van der Waals surface area contributed by atoms with Gasteiger partial charge in [0.15, 0.2) is 0 Å². The highest BCUT2D eigenvalue weighted by Gasteiger charge is 2.22. The van der Waals surface area contributed by atoms with Crippen LogP contribution in [-0.4, -0.2) is 8.97 Å². The summed E-state index contributed by atoms with van der Waals surface area (Å²) >= 11 is 3.66. The number of rotatable bonds is 4. The molecule has 0 radical (unpaired) electrons. The molecule has 54 heavy (non-hydrogen) atoms. The fourth-order valence-electron chi connectivity index (χ4n) is 9.21. The summed E-state index contributed by atoms with van der Waals surface area (Å²) in [6.45, 7) is 8.59. The third-order valence-corrected chi connectivity index (χ3v) is 13.7. The fraction of sp³-hybridized carbons (Fsp3) is 0. The molecule has 0 aliphatic carbocycles. The van der Waals surface area contributed by atoms with Crippen molar-refractivity contribution in [1.29, 1.82) is 0 Å². The summed E-state index contributed by atoms with van der Waals surface area (Å²) < 4.78 is 9.31. The zero-order chi connectivity index (χ0) is 35.8. The van der Waals surface area contributed by atoms with Crippen LogP contribution in [0.4, 0.5) is 0 Å². The van der Waals surface area contributed by atoms with Crippen molar-refractivity contribution < 1.29 is 0 Å². The Bertz CT molecular complexity index is 3680. The Balaban J connectivity index is 1.12. The van der Waals surface area contributed by atoms with Crippen LogP contribution in [0.25, 0.3) is 118 Å². The van der Waals surface area contributed by atoms with E-state index in [0.29, 0.717) is 0 Å². The lowest BCUT2D eigenvalue weighted by Crippen LogP contribution is -2.12. The monoisotopic (exact) mass is 724 g/mol. The van der Waals surface area contributed by atoms with Gasteiger partial charge >= 0.3 is 0 Å². The summed E-state index contributed by atoms with van der Waals surface area (Å²) in [6.07, 6.45) is 3.96. The average molecular weight is 725 g/mol. The molecule has 12 aromatic rings. The molecule has 0 N–H and O–H groups in total. The van der Waals surface area contributed by atoms with E-state index in [1.807, 2.05) is 57.4 Å². The molecule has 252 valence electrons. The van der Waals surface area contributed by atoms with Gasteiger partial charge in [0.05, 0.1) is 22.2 Å². The number of benzene rings is 7. The lowest BCUT2D eigenvalue weighted by atomic mass is 9.97. The van der Waals surface area contributed by atoms with E-state index in [9.17, 15) is 4.79 Å². The molecule has 12 rings (SSSR count). The molecule has 7 aromatic carbocycles. The first-order chi connectivity index (χ1) is 26.6. The van der Waals surface area contributed by atoms with Crippen LogP contribution in [0, 0.1) is 0 Å². The molecule has 0 amide bonds. The van der Waals surface area contributed by atoms with Crippen LogP contribution in [0.15, 0.2) is 151 Å². The SMILES string of the molecule is C=Cc1c(C=C)n(-c2ccc3sc4cccc(-c5ccc6c(c5)c5cccc7c8ccccc8c(=O)n6c75)c4c3c2)c2ccc3sc4ccccc4c3c12. The van der Waals surface area contributed by atoms with E-state index in [1.165, 1.54) is 51.3 Å². The Morgan fingerprint density at radius 2 is 1.17 bits per heavy atom. The van der Waals surface area contributed by atoms with E-state index in [2.05, 4.69) is 133 Å². The highest BCUT2D eigenvalue weighted by Crippen LogP contribution is 2.46. The van der Waals surface area contributed by atoms with Gasteiger partial charge in [-0.15, -0.1) is 22.7 Å². The molecule has 3 nitrogen and oxygen atoms in total. The Hall–Kier alpha value is -6.53. The standard InChI is InChI=1S/C49H28N2OS2/c1-3-29-38(4-2)50(40-22-24-44-47(46(29)40)35-13-7-8-17-41(35)53-44)28-20-23-42-37(26-28)45-30(14-10-18-43(45)54-42)27-19-21-39-36(25-27)33-16-9-15-32-31-11-5-6-12-34(31)49(52)51(39)48(32)33/h3-26H,1-2H2. The van der Waals surface area contributed by atoms with Gasteiger partial charge in [-0.25, -0.2) is 0 Å². The zero-order valence-corrected chi connectivity index (χ0v) is 30.5. The van der Waals surface area contributed by atoms with Crippen LogP contribution in [0.5, 0.6) is 0 Å². The number of para-hydroxylation sites is 1. The first kappa shape index (κ1) is 30.0. The molecule has 5 heteroatoms. The Labute approximate surface area is 316 Å². The van der Waals surface area contributed by atoms with Crippen LogP contribution < -0.4 is 5.56 Å². The molecule has 0 bridgehead atoms. The predicted molar refractivity (Wildman–Crippen MR) is 236 cm³/mol.